The van der Waals surface area contributed by atoms with Crippen LogP contribution in [0.1, 0.15) is 42.8 Å². The number of rotatable bonds is 5. The monoisotopic (exact) mass is 249 g/mol. The van der Waals surface area contributed by atoms with Crippen molar-refractivity contribution in [1.82, 2.24) is 14.7 Å². The van der Waals surface area contributed by atoms with Crippen molar-refractivity contribution in [3.63, 3.8) is 0 Å². The molecule has 5 nitrogen and oxygen atoms in total. The Morgan fingerprint density at radius 2 is 2.22 bits per heavy atom. The smallest absolute Gasteiger partial charge is 0.138 e. The molecule has 0 radical (unpaired) electrons. The fourth-order valence-corrected chi connectivity index (χ4v) is 2.04. The maximum atomic E-state index is 5.58. The van der Waals surface area contributed by atoms with Gasteiger partial charge in [-0.25, -0.2) is 4.98 Å². The van der Waals surface area contributed by atoms with Gasteiger partial charge in [0.1, 0.15) is 17.7 Å². The van der Waals surface area contributed by atoms with Crippen LogP contribution in [0.4, 0.5) is 0 Å². The largest absolute Gasteiger partial charge is 0.371 e. The van der Waals surface area contributed by atoms with Gasteiger partial charge in [-0.2, -0.15) is 0 Å². The Labute approximate surface area is 107 Å². The summed E-state index contributed by atoms with van der Waals surface area (Å²) in [7, 11) is 0. The highest BCUT2D eigenvalue weighted by atomic mass is 16.5. The Morgan fingerprint density at radius 3 is 2.83 bits per heavy atom. The van der Waals surface area contributed by atoms with Crippen molar-refractivity contribution >= 4 is 0 Å². The van der Waals surface area contributed by atoms with Crippen molar-refractivity contribution in [3.05, 3.63) is 35.2 Å². The van der Waals surface area contributed by atoms with Gasteiger partial charge in [0, 0.05) is 24.6 Å². The molecule has 0 spiro atoms. The highest BCUT2D eigenvalue weighted by Crippen LogP contribution is 2.19. The van der Waals surface area contributed by atoms with E-state index in [-0.39, 0.29) is 6.10 Å². The molecule has 0 unspecified atom stereocenters. The number of imidazole rings is 1. The molecule has 98 valence electrons. The number of hydrogen-bond donors (Lipinski definition) is 0. The molecule has 1 atom stereocenters. The van der Waals surface area contributed by atoms with Crippen molar-refractivity contribution in [2.45, 2.75) is 40.3 Å². The molecule has 2 aromatic heterocycles. The minimum atomic E-state index is -0.00882. The Bertz CT molecular complexity index is 497. The average molecular weight is 249 g/mol. The van der Waals surface area contributed by atoms with Crippen molar-refractivity contribution in [1.29, 1.82) is 0 Å². The second-order valence-electron chi connectivity index (χ2n) is 4.31. The van der Waals surface area contributed by atoms with E-state index in [1.54, 1.807) is 6.20 Å². The second-order valence-corrected chi connectivity index (χ2v) is 4.31. The summed E-state index contributed by atoms with van der Waals surface area (Å²) in [6, 6.07) is 0. The van der Waals surface area contributed by atoms with Crippen LogP contribution < -0.4 is 0 Å². The van der Waals surface area contributed by atoms with E-state index in [0.29, 0.717) is 13.2 Å². The zero-order valence-electron chi connectivity index (χ0n) is 11.3. The fourth-order valence-electron chi connectivity index (χ4n) is 2.04. The Hall–Kier alpha value is -1.62. The molecule has 0 amide bonds. The molecule has 18 heavy (non-hydrogen) atoms. The quantitative estimate of drug-likeness (QED) is 0.817. The lowest BCUT2D eigenvalue weighted by Gasteiger charge is -2.13. The van der Waals surface area contributed by atoms with E-state index < -0.39 is 0 Å². The first kappa shape index (κ1) is 12.8. The first-order valence-corrected chi connectivity index (χ1v) is 6.17. The molecule has 2 rings (SSSR count). The van der Waals surface area contributed by atoms with Crippen LogP contribution in [0, 0.1) is 13.8 Å². The van der Waals surface area contributed by atoms with Crippen LogP contribution in [0.3, 0.4) is 0 Å². The van der Waals surface area contributed by atoms with E-state index in [0.717, 1.165) is 22.8 Å². The maximum Gasteiger partial charge on any atom is 0.138 e. The molecular weight excluding hydrogens is 230 g/mol. The Balaban J connectivity index is 2.22. The minimum Gasteiger partial charge on any atom is -0.371 e. The third-order valence-electron chi connectivity index (χ3n) is 3.04. The maximum absolute atomic E-state index is 5.58. The molecule has 0 saturated carbocycles. The zero-order chi connectivity index (χ0) is 13.1. The molecule has 0 saturated heterocycles. The summed E-state index contributed by atoms with van der Waals surface area (Å²) < 4.78 is 12.8. The van der Waals surface area contributed by atoms with E-state index >= 15 is 0 Å². The predicted molar refractivity (Wildman–Crippen MR) is 67.3 cm³/mol. The molecule has 0 fully saturated rings. The van der Waals surface area contributed by atoms with Crippen molar-refractivity contribution in [2.24, 2.45) is 0 Å². The second kappa shape index (κ2) is 5.35. The van der Waals surface area contributed by atoms with E-state index in [4.69, 9.17) is 9.26 Å². The van der Waals surface area contributed by atoms with E-state index in [1.165, 1.54) is 0 Å². The van der Waals surface area contributed by atoms with Crippen molar-refractivity contribution in [3.8, 4) is 0 Å². The van der Waals surface area contributed by atoms with Gasteiger partial charge in [-0.15, -0.1) is 0 Å². The molecule has 0 bridgehead atoms. The van der Waals surface area contributed by atoms with Crippen LogP contribution >= 0.6 is 0 Å². The Morgan fingerprint density at radius 1 is 1.44 bits per heavy atom. The third-order valence-corrected chi connectivity index (χ3v) is 3.04. The minimum absolute atomic E-state index is 0.00882. The molecule has 5 heteroatoms. The van der Waals surface area contributed by atoms with Gasteiger partial charge in [-0.1, -0.05) is 5.16 Å². The van der Waals surface area contributed by atoms with E-state index in [2.05, 4.69) is 14.7 Å². The lowest BCUT2D eigenvalue weighted by molar-refractivity contribution is 0.0677. The molecule has 0 aliphatic rings. The molecule has 0 N–H and O–H groups in total. The highest BCUT2D eigenvalue weighted by molar-refractivity contribution is 5.21. The van der Waals surface area contributed by atoms with Gasteiger partial charge in [0.25, 0.3) is 0 Å². The van der Waals surface area contributed by atoms with Gasteiger partial charge in [0.05, 0.1) is 12.2 Å². The number of hydrogen-bond acceptors (Lipinski definition) is 4. The lowest BCUT2D eigenvalue weighted by Crippen LogP contribution is -2.10. The molecule has 0 aliphatic heterocycles. The van der Waals surface area contributed by atoms with Crippen molar-refractivity contribution in [2.75, 3.05) is 6.61 Å². The average Bonchev–Trinajstić information content (AvgIpc) is 2.91. The summed E-state index contributed by atoms with van der Waals surface area (Å²) in [5.41, 5.74) is 2.04. The zero-order valence-corrected chi connectivity index (χ0v) is 11.3. The van der Waals surface area contributed by atoms with Crippen LogP contribution in [0.15, 0.2) is 16.9 Å². The summed E-state index contributed by atoms with van der Waals surface area (Å²) in [5.74, 6) is 1.79. The van der Waals surface area contributed by atoms with Gasteiger partial charge in [0.15, 0.2) is 0 Å². The summed E-state index contributed by atoms with van der Waals surface area (Å²) in [6.45, 7) is 9.27. The summed E-state index contributed by atoms with van der Waals surface area (Å²) in [5, 5.41) is 3.97. The van der Waals surface area contributed by atoms with E-state index in [1.807, 2.05) is 33.9 Å². The van der Waals surface area contributed by atoms with Gasteiger partial charge in [-0.05, 0) is 27.7 Å². The molecular formula is C13H19N3O2. The normalized spacial score (nSPS) is 12.9. The van der Waals surface area contributed by atoms with Crippen LogP contribution in [0.5, 0.6) is 0 Å². The molecule has 0 aliphatic carbocycles. The van der Waals surface area contributed by atoms with Gasteiger partial charge >= 0.3 is 0 Å². The lowest BCUT2D eigenvalue weighted by atomic mass is 10.2. The highest BCUT2D eigenvalue weighted by Gasteiger charge is 2.15. The Kier molecular flexibility index (Phi) is 3.81. The van der Waals surface area contributed by atoms with Gasteiger partial charge in [-0.3, -0.25) is 0 Å². The van der Waals surface area contributed by atoms with E-state index in [9.17, 15) is 0 Å². The third kappa shape index (κ3) is 2.46. The summed E-state index contributed by atoms with van der Waals surface area (Å²) in [6.07, 6.45) is 3.74. The molecule has 2 heterocycles. The summed E-state index contributed by atoms with van der Waals surface area (Å²) in [4.78, 5) is 4.36. The van der Waals surface area contributed by atoms with Crippen molar-refractivity contribution < 1.29 is 9.26 Å². The number of aromatic nitrogens is 3. The van der Waals surface area contributed by atoms with Crippen LogP contribution in [-0.4, -0.2) is 21.3 Å². The van der Waals surface area contributed by atoms with Crippen LogP contribution in [0.2, 0.25) is 0 Å². The number of aryl methyl sites for hydroxylation is 2. The topological polar surface area (TPSA) is 53.1 Å². The fraction of sp³-hybridized carbons (Fsp3) is 0.538. The van der Waals surface area contributed by atoms with Crippen LogP contribution in [0.25, 0.3) is 0 Å². The molecule has 0 aromatic carbocycles. The molecule has 2 aromatic rings. The van der Waals surface area contributed by atoms with Gasteiger partial charge in [0.2, 0.25) is 0 Å². The SMILES string of the molecule is CCO[C@@H](C)c1nccn1Cc1c(C)noc1C. The predicted octanol–water partition coefficient (Wildman–Crippen LogP) is 2.63. The first-order valence-electron chi connectivity index (χ1n) is 6.17. The number of nitrogens with zero attached hydrogens (tertiary/aromatic N) is 3. The summed E-state index contributed by atoms with van der Waals surface area (Å²) >= 11 is 0. The van der Waals surface area contributed by atoms with Crippen LogP contribution in [-0.2, 0) is 11.3 Å². The standard InChI is InChI=1S/C13H19N3O2/c1-5-17-11(4)13-14-6-7-16(13)8-12-9(2)15-18-10(12)3/h6-7,11H,5,8H2,1-4H3/t11-/m0/s1. The van der Waals surface area contributed by atoms with Gasteiger partial charge < -0.3 is 13.8 Å². The number of ether oxygens (including phenoxy) is 1. The first-order chi connectivity index (χ1) is 8.63.